The third kappa shape index (κ3) is 25.2. The Labute approximate surface area is 175 Å². The van der Waals surface area contributed by atoms with Gasteiger partial charge in [0.15, 0.2) is 0 Å². The molecule has 9 heteroatoms. The molecule has 29 heavy (non-hydrogen) atoms. The summed E-state index contributed by atoms with van der Waals surface area (Å²) in [6.07, 6.45) is 1.25. The Hall–Kier alpha value is -0.810. The van der Waals surface area contributed by atoms with Crippen LogP contribution in [0.2, 0.25) is 0 Å². The first-order valence-corrected chi connectivity index (χ1v) is 10.4. The topological polar surface area (TPSA) is 84.9 Å². The van der Waals surface area contributed by atoms with Crippen LogP contribution in [0, 0.1) is 0 Å². The third-order valence-electron chi connectivity index (χ3n) is 3.49. The van der Waals surface area contributed by atoms with Crippen LogP contribution in [-0.4, -0.2) is 117 Å². The summed E-state index contributed by atoms with van der Waals surface area (Å²) in [7, 11) is 4.03. The maximum atomic E-state index is 11.1. The summed E-state index contributed by atoms with van der Waals surface area (Å²) in [6, 6.07) is 0. The minimum atomic E-state index is -0.179. The molecule has 0 bridgehead atoms. The minimum absolute atomic E-state index is 0.179. The second-order valence-corrected chi connectivity index (χ2v) is 6.45. The summed E-state index contributed by atoms with van der Waals surface area (Å²) in [5.41, 5.74) is 0. The van der Waals surface area contributed by atoms with Gasteiger partial charge in [0.05, 0.1) is 79.3 Å². The molecule has 0 rings (SSSR count). The summed E-state index contributed by atoms with van der Waals surface area (Å²) in [4.78, 5) is 13.2. The molecule has 0 saturated heterocycles. The Kier molecular flexibility index (Phi) is 22.8. The summed E-state index contributed by atoms with van der Waals surface area (Å²) in [5, 5.41) is 0. The van der Waals surface area contributed by atoms with Gasteiger partial charge in [-0.25, -0.2) is 0 Å². The van der Waals surface area contributed by atoms with Gasteiger partial charge in [-0.1, -0.05) is 6.92 Å². The van der Waals surface area contributed by atoms with E-state index in [1.165, 1.54) is 0 Å². The molecule has 0 aliphatic heterocycles. The van der Waals surface area contributed by atoms with Crippen molar-refractivity contribution in [3.8, 4) is 0 Å². The first-order valence-electron chi connectivity index (χ1n) is 10.4. The summed E-state index contributed by atoms with van der Waals surface area (Å²) in [6.45, 7) is 9.56. The molecule has 174 valence electrons. The second-order valence-electron chi connectivity index (χ2n) is 6.45. The number of ether oxygens (including phenoxy) is 7. The van der Waals surface area contributed by atoms with Gasteiger partial charge in [0.2, 0.25) is 0 Å². The normalized spacial score (nSPS) is 11.3. The van der Waals surface area contributed by atoms with Crippen LogP contribution in [0.25, 0.3) is 0 Å². The maximum absolute atomic E-state index is 11.1. The Bertz CT molecular complexity index is 344. The smallest absolute Gasteiger partial charge is 0.305 e. The van der Waals surface area contributed by atoms with Crippen LogP contribution in [0.5, 0.6) is 0 Å². The fourth-order valence-corrected chi connectivity index (χ4v) is 1.94. The van der Waals surface area contributed by atoms with Gasteiger partial charge in [0.25, 0.3) is 0 Å². The van der Waals surface area contributed by atoms with E-state index in [4.69, 9.17) is 33.2 Å². The highest BCUT2D eigenvalue weighted by molar-refractivity contribution is 5.69. The predicted octanol–water partition coefficient (Wildman–Crippen LogP) is 0.991. The van der Waals surface area contributed by atoms with E-state index in [0.29, 0.717) is 79.1 Å². The first kappa shape index (κ1) is 28.2. The van der Waals surface area contributed by atoms with E-state index in [2.05, 4.69) is 4.90 Å². The predicted molar refractivity (Wildman–Crippen MR) is 109 cm³/mol. The highest BCUT2D eigenvalue weighted by Gasteiger charge is 1.99. The lowest BCUT2D eigenvalue weighted by Crippen LogP contribution is -2.19. The van der Waals surface area contributed by atoms with Crippen molar-refractivity contribution < 1.29 is 38.0 Å². The van der Waals surface area contributed by atoms with Crippen molar-refractivity contribution in [1.82, 2.24) is 4.90 Å². The van der Waals surface area contributed by atoms with Crippen LogP contribution >= 0.6 is 0 Å². The number of rotatable bonds is 23. The molecule has 9 nitrogen and oxygen atoms in total. The van der Waals surface area contributed by atoms with E-state index >= 15 is 0 Å². The van der Waals surface area contributed by atoms with Crippen molar-refractivity contribution in [2.45, 2.75) is 19.8 Å². The van der Waals surface area contributed by atoms with E-state index in [1.54, 1.807) is 0 Å². The molecular weight excluding hydrogens is 382 g/mol. The van der Waals surface area contributed by atoms with Gasteiger partial charge in [-0.05, 0) is 20.5 Å². The van der Waals surface area contributed by atoms with Crippen LogP contribution in [0.4, 0.5) is 0 Å². The molecule has 0 aromatic carbocycles. The number of hydrogen-bond donors (Lipinski definition) is 0. The van der Waals surface area contributed by atoms with E-state index < -0.39 is 0 Å². The Morgan fingerprint density at radius 3 is 1.28 bits per heavy atom. The standard InChI is InChI=1S/C20H41NO8/c1-4-5-20(22)29-19-18-28-17-16-27-15-14-26-13-12-25-11-10-24-9-8-23-7-6-21(2)3/h4-19H2,1-3H3. The molecule has 0 N–H and O–H groups in total. The summed E-state index contributed by atoms with van der Waals surface area (Å²) < 4.78 is 37.3. The molecule has 0 heterocycles. The first-order chi connectivity index (χ1) is 14.2. The second kappa shape index (κ2) is 23.5. The zero-order valence-corrected chi connectivity index (χ0v) is 18.5. The van der Waals surface area contributed by atoms with Gasteiger partial charge in [-0.2, -0.15) is 0 Å². The van der Waals surface area contributed by atoms with Gasteiger partial charge in [0, 0.05) is 13.0 Å². The van der Waals surface area contributed by atoms with Gasteiger partial charge < -0.3 is 38.1 Å². The summed E-state index contributed by atoms with van der Waals surface area (Å²) in [5.74, 6) is -0.179. The van der Waals surface area contributed by atoms with Crippen LogP contribution in [0.1, 0.15) is 19.8 Å². The molecule has 0 atom stereocenters. The maximum Gasteiger partial charge on any atom is 0.305 e. The van der Waals surface area contributed by atoms with E-state index in [0.717, 1.165) is 19.6 Å². The van der Waals surface area contributed by atoms with Gasteiger partial charge in [0.1, 0.15) is 6.61 Å². The average Bonchev–Trinajstić information content (AvgIpc) is 2.69. The number of nitrogens with zero attached hydrogens (tertiary/aromatic N) is 1. The van der Waals surface area contributed by atoms with Crippen molar-refractivity contribution in [3.05, 3.63) is 0 Å². The fraction of sp³-hybridized carbons (Fsp3) is 0.950. The Balaban J connectivity index is 3.04. The molecule has 0 aliphatic rings. The van der Waals surface area contributed by atoms with Crippen molar-refractivity contribution >= 4 is 5.97 Å². The van der Waals surface area contributed by atoms with Gasteiger partial charge in [-0.15, -0.1) is 0 Å². The van der Waals surface area contributed by atoms with Crippen LogP contribution in [0.15, 0.2) is 0 Å². The molecule has 0 aromatic heterocycles. The minimum Gasteiger partial charge on any atom is -0.463 e. The highest BCUT2D eigenvalue weighted by Crippen LogP contribution is 1.91. The lowest BCUT2D eigenvalue weighted by atomic mass is 10.3. The third-order valence-corrected chi connectivity index (χ3v) is 3.49. The Morgan fingerprint density at radius 1 is 0.586 bits per heavy atom. The summed E-state index contributed by atoms with van der Waals surface area (Å²) >= 11 is 0. The van der Waals surface area contributed by atoms with E-state index in [1.807, 2.05) is 21.0 Å². The molecule has 0 unspecified atom stereocenters. The fourth-order valence-electron chi connectivity index (χ4n) is 1.94. The van der Waals surface area contributed by atoms with E-state index in [-0.39, 0.29) is 12.6 Å². The molecule has 0 amide bonds. The number of esters is 1. The van der Waals surface area contributed by atoms with Crippen molar-refractivity contribution in [2.24, 2.45) is 0 Å². The average molecular weight is 424 g/mol. The van der Waals surface area contributed by atoms with Gasteiger partial charge in [-0.3, -0.25) is 4.79 Å². The quantitative estimate of drug-likeness (QED) is 0.176. The molecule has 0 aliphatic carbocycles. The zero-order valence-electron chi connectivity index (χ0n) is 18.5. The van der Waals surface area contributed by atoms with E-state index in [9.17, 15) is 4.79 Å². The van der Waals surface area contributed by atoms with Crippen LogP contribution in [0.3, 0.4) is 0 Å². The lowest BCUT2D eigenvalue weighted by molar-refractivity contribution is -0.145. The largest absolute Gasteiger partial charge is 0.463 e. The monoisotopic (exact) mass is 423 g/mol. The van der Waals surface area contributed by atoms with Crippen LogP contribution in [-0.2, 0) is 38.0 Å². The number of hydrogen-bond acceptors (Lipinski definition) is 9. The van der Waals surface area contributed by atoms with Crippen molar-refractivity contribution in [2.75, 3.05) is 107 Å². The van der Waals surface area contributed by atoms with Gasteiger partial charge >= 0.3 is 5.97 Å². The molecule has 0 aromatic rings. The molecular formula is C20H41NO8. The molecule has 0 spiro atoms. The molecule has 0 fully saturated rings. The Morgan fingerprint density at radius 2 is 0.931 bits per heavy atom. The SMILES string of the molecule is CCCC(=O)OCCOCCOCCOCCOCCOCCOCCN(C)C. The van der Waals surface area contributed by atoms with Crippen molar-refractivity contribution in [1.29, 1.82) is 0 Å². The molecule has 0 saturated carbocycles. The number of likely N-dealkylation sites (N-methyl/N-ethyl adjacent to an activating group) is 1. The lowest BCUT2D eigenvalue weighted by Gasteiger charge is -2.10. The number of carbonyl (C=O) groups is 1. The van der Waals surface area contributed by atoms with Crippen LogP contribution < -0.4 is 0 Å². The highest BCUT2D eigenvalue weighted by atomic mass is 16.6. The number of carbonyl (C=O) groups excluding carboxylic acids is 1. The molecule has 0 radical (unpaired) electrons. The zero-order chi connectivity index (χ0) is 21.4. The van der Waals surface area contributed by atoms with Crippen molar-refractivity contribution in [3.63, 3.8) is 0 Å².